The summed E-state index contributed by atoms with van der Waals surface area (Å²) in [5, 5.41) is 11.0. The maximum Gasteiger partial charge on any atom is 0.272 e. The Labute approximate surface area is 88.5 Å². The standard InChI is InChI=1S/C9H7BrFNO2/c10-3-1-2-7-4-8(11)6-9(5-7)12(13)14/h1-2,4-6H,3H2. The third kappa shape index (κ3) is 2.92. The van der Waals surface area contributed by atoms with Gasteiger partial charge in [0, 0.05) is 11.4 Å². The molecule has 1 aromatic rings. The van der Waals surface area contributed by atoms with Crippen molar-refractivity contribution in [2.24, 2.45) is 0 Å². The topological polar surface area (TPSA) is 43.1 Å². The van der Waals surface area contributed by atoms with Crippen molar-refractivity contribution in [2.75, 3.05) is 5.33 Å². The van der Waals surface area contributed by atoms with Crippen molar-refractivity contribution in [1.82, 2.24) is 0 Å². The van der Waals surface area contributed by atoms with Gasteiger partial charge >= 0.3 is 0 Å². The van der Waals surface area contributed by atoms with Crippen LogP contribution in [0.4, 0.5) is 10.1 Å². The minimum atomic E-state index is -0.617. The minimum Gasteiger partial charge on any atom is -0.258 e. The van der Waals surface area contributed by atoms with Crippen molar-refractivity contribution in [3.8, 4) is 0 Å². The van der Waals surface area contributed by atoms with E-state index in [1.54, 1.807) is 12.2 Å². The van der Waals surface area contributed by atoms with Gasteiger partial charge in [-0.25, -0.2) is 4.39 Å². The monoisotopic (exact) mass is 259 g/mol. The van der Waals surface area contributed by atoms with E-state index in [9.17, 15) is 14.5 Å². The molecule has 1 aromatic carbocycles. The molecule has 0 unspecified atom stereocenters. The Morgan fingerprint density at radius 2 is 2.21 bits per heavy atom. The molecule has 0 aliphatic carbocycles. The van der Waals surface area contributed by atoms with Crippen molar-refractivity contribution >= 4 is 27.7 Å². The first-order chi connectivity index (χ1) is 6.63. The van der Waals surface area contributed by atoms with E-state index in [-0.39, 0.29) is 5.69 Å². The number of nitro benzene ring substituents is 1. The summed E-state index contributed by atoms with van der Waals surface area (Å²) >= 11 is 3.16. The van der Waals surface area contributed by atoms with E-state index in [4.69, 9.17) is 0 Å². The summed E-state index contributed by atoms with van der Waals surface area (Å²) in [6.07, 6.45) is 3.35. The second kappa shape index (κ2) is 4.85. The lowest BCUT2D eigenvalue weighted by atomic mass is 10.2. The van der Waals surface area contributed by atoms with Crippen LogP contribution in [0.15, 0.2) is 24.3 Å². The number of benzene rings is 1. The fourth-order valence-corrected chi connectivity index (χ4v) is 1.17. The van der Waals surface area contributed by atoms with Gasteiger partial charge in [0.05, 0.1) is 11.0 Å². The van der Waals surface area contributed by atoms with Crippen LogP contribution in [0.25, 0.3) is 6.08 Å². The van der Waals surface area contributed by atoms with Gasteiger partial charge in [-0.15, -0.1) is 0 Å². The zero-order valence-corrected chi connectivity index (χ0v) is 8.70. The summed E-state index contributed by atoms with van der Waals surface area (Å²) in [6.45, 7) is 0. The van der Waals surface area contributed by atoms with Crippen LogP contribution >= 0.6 is 15.9 Å². The second-order valence-corrected chi connectivity index (χ2v) is 3.20. The van der Waals surface area contributed by atoms with E-state index in [0.717, 1.165) is 6.07 Å². The molecule has 0 heterocycles. The molecule has 0 N–H and O–H groups in total. The third-order valence-electron chi connectivity index (χ3n) is 1.52. The third-order valence-corrected chi connectivity index (χ3v) is 1.89. The lowest BCUT2D eigenvalue weighted by Crippen LogP contribution is -1.90. The van der Waals surface area contributed by atoms with Crippen LogP contribution in [0.3, 0.4) is 0 Å². The van der Waals surface area contributed by atoms with Crippen LogP contribution in [-0.4, -0.2) is 10.3 Å². The largest absolute Gasteiger partial charge is 0.272 e. The molecule has 0 spiro atoms. The average Bonchev–Trinajstić information content (AvgIpc) is 2.14. The van der Waals surface area contributed by atoms with E-state index in [1.807, 2.05) is 0 Å². The van der Waals surface area contributed by atoms with Gasteiger partial charge in [-0.05, 0) is 11.6 Å². The number of halogens is 2. The molecule has 3 nitrogen and oxygen atoms in total. The highest BCUT2D eigenvalue weighted by atomic mass is 79.9. The highest BCUT2D eigenvalue weighted by molar-refractivity contribution is 9.09. The molecule has 14 heavy (non-hydrogen) atoms. The maximum atomic E-state index is 12.9. The fraction of sp³-hybridized carbons (Fsp3) is 0.111. The summed E-state index contributed by atoms with van der Waals surface area (Å²) in [5.74, 6) is -0.603. The summed E-state index contributed by atoms with van der Waals surface area (Å²) < 4.78 is 12.9. The number of nitro groups is 1. The smallest absolute Gasteiger partial charge is 0.258 e. The molecule has 0 amide bonds. The number of nitrogens with zero attached hydrogens (tertiary/aromatic N) is 1. The van der Waals surface area contributed by atoms with Gasteiger partial charge in [-0.2, -0.15) is 0 Å². The van der Waals surface area contributed by atoms with Crippen LogP contribution < -0.4 is 0 Å². The summed E-state index contributed by atoms with van der Waals surface area (Å²) in [6, 6.07) is 3.46. The number of rotatable bonds is 3. The molecular weight excluding hydrogens is 253 g/mol. The molecular formula is C9H7BrFNO2. The highest BCUT2D eigenvalue weighted by Gasteiger charge is 2.07. The number of non-ortho nitro benzene ring substituents is 1. The van der Waals surface area contributed by atoms with E-state index >= 15 is 0 Å². The first kappa shape index (κ1) is 10.8. The van der Waals surface area contributed by atoms with Crippen LogP contribution in [0.5, 0.6) is 0 Å². The zero-order chi connectivity index (χ0) is 10.6. The molecule has 5 heteroatoms. The molecule has 0 atom stereocenters. The number of alkyl halides is 1. The maximum absolute atomic E-state index is 12.9. The van der Waals surface area contributed by atoms with Crippen molar-refractivity contribution in [3.05, 3.63) is 45.8 Å². The predicted molar refractivity (Wildman–Crippen MR) is 55.9 cm³/mol. The van der Waals surface area contributed by atoms with Gasteiger partial charge in [-0.3, -0.25) is 10.1 Å². The van der Waals surface area contributed by atoms with E-state index in [1.165, 1.54) is 12.1 Å². The summed E-state index contributed by atoms with van der Waals surface area (Å²) in [7, 11) is 0. The molecule has 74 valence electrons. The van der Waals surface area contributed by atoms with Gasteiger partial charge in [0.1, 0.15) is 5.82 Å². The minimum absolute atomic E-state index is 0.237. The van der Waals surface area contributed by atoms with Gasteiger partial charge in [0.2, 0.25) is 0 Å². The molecule has 0 saturated heterocycles. The Bertz CT molecular complexity index is 379. The Balaban J connectivity index is 3.07. The van der Waals surface area contributed by atoms with Gasteiger partial charge in [-0.1, -0.05) is 28.1 Å². The molecule has 0 aliphatic rings. The molecule has 0 radical (unpaired) electrons. The lowest BCUT2D eigenvalue weighted by molar-refractivity contribution is -0.385. The molecule has 0 aromatic heterocycles. The van der Waals surface area contributed by atoms with E-state index in [0.29, 0.717) is 10.9 Å². The summed E-state index contributed by atoms with van der Waals surface area (Å²) in [5.41, 5.74) is 0.246. The van der Waals surface area contributed by atoms with Crippen LogP contribution in [0.1, 0.15) is 5.56 Å². The number of hydrogen-bond donors (Lipinski definition) is 0. The fourth-order valence-electron chi connectivity index (χ4n) is 0.979. The number of hydrogen-bond acceptors (Lipinski definition) is 2. The van der Waals surface area contributed by atoms with E-state index in [2.05, 4.69) is 15.9 Å². The Kier molecular flexibility index (Phi) is 3.76. The highest BCUT2D eigenvalue weighted by Crippen LogP contribution is 2.17. The van der Waals surface area contributed by atoms with Crippen molar-refractivity contribution in [2.45, 2.75) is 0 Å². The van der Waals surface area contributed by atoms with Crippen LogP contribution in [0, 0.1) is 15.9 Å². The predicted octanol–water partition coefficient (Wildman–Crippen LogP) is 3.14. The Morgan fingerprint density at radius 3 is 2.79 bits per heavy atom. The number of allylic oxidation sites excluding steroid dienone is 1. The molecule has 0 aliphatic heterocycles. The van der Waals surface area contributed by atoms with Gasteiger partial charge in [0.15, 0.2) is 0 Å². The molecule has 0 fully saturated rings. The second-order valence-electron chi connectivity index (χ2n) is 2.56. The zero-order valence-electron chi connectivity index (χ0n) is 7.11. The van der Waals surface area contributed by atoms with Crippen molar-refractivity contribution in [1.29, 1.82) is 0 Å². The summed E-state index contributed by atoms with van der Waals surface area (Å²) in [4.78, 5) is 9.77. The normalized spacial score (nSPS) is 10.7. The quantitative estimate of drug-likeness (QED) is 0.476. The van der Waals surface area contributed by atoms with Crippen molar-refractivity contribution < 1.29 is 9.31 Å². The first-order valence-corrected chi connectivity index (χ1v) is 4.93. The Morgan fingerprint density at radius 1 is 1.50 bits per heavy atom. The first-order valence-electron chi connectivity index (χ1n) is 3.81. The van der Waals surface area contributed by atoms with Gasteiger partial charge in [0.25, 0.3) is 5.69 Å². The lowest BCUT2D eigenvalue weighted by Gasteiger charge is -1.95. The van der Waals surface area contributed by atoms with E-state index < -0.39 is 10.7 Å². The van der Waals surface area contributed by atoms with Crippen LogP contribution in [-0.2, 0) is 0 Å². The SMILES string of the molecule is O=[N+]([O-])c1cc(F)cc(C=CCBr)c1. The van der Waals surface area contributed by atoms with Gasteiger partial charge < -0.3 is 0 Å². The van der Waals surface area contributed by atoms with Crippen molar-refractivity contribution in [3.63, 3.8) is 0 Å². The van der Waals surface area contributed by atoms with Crippen LogP contribution in [0.2, 0.25) is 0 Å². The molecule has 0 bridgehead atoms. The molecule has 0 saturated carbocycles. The molecule has 1 rings (SSSR count). The average molecular weight is 260 g/mol. The Hall–Kier alpha value is -1.23.